The van der Waals surface area contributed by atoms with Crippen LogP contribution in [0.5, 0.6) is 0 Å². The molecule has 0 radical (unpaired) electrons. The Morgan fingerprint density at radius 2 is 1.82 bits per heavy atom. The van der Waals surface area contributed by atoms with Crippen LogP contribution in [0, 0.1) is 5.92 Å². The Morgan fingerprint density at radius 3 is 2.50 bits per heavy atom. The van der Waals surface area contributed by atoms with Gasteiger partial charge in [-0.05, 0) is 30.4 Å². The van der Waals surface area contributed by atoms with Crippen molar-refractivity contribution >= 4 is 39.9 Å². The lowest BCUT2D eigenvalue weighted by Crippen LogP contribution is -2.46. The standard InChI is InChI=1S/C21H22N2O4S/c1-12(2)18(23-20(25)17-9-6-10-28-17)21(26)27-13(3)19(24)15-11-22-16-8-5-4-7-14(15)16/h4-13,18,22H,1-3H3,(H,23,25)/t13-,18+/m0/s1. The number of benzene rings is 1. The van der Waals surface area contributed by atoms with E-state index in [0.717, 1.165) is 10.9 Å². The third-order valence-corrected chi connectivity index (χ3v) is 5.34. The van der Waals surface area contributed by atoms with Gasteiger partial charge >= 0.3 is 5.97 Å². The van der Waals surface area contributed by atoms with E-state index < -0.39 is 18.1 Å². The number of ether oxygens (including phenoxy) is 1. The number of hydrogen-bond acceptors (Lipinski definition) is 5. The second-order valence-electron chi connectivity index (χ2n) is 6.86. The van der Waals surface area contributed by atoms with Gasteiger partial charge in [0.15, 0.2) is 6.10 Å². The average molecular weight is 398 g/mol. The van der Waals surface area contributed by atoms with Gasteiger partial charge in [0.05, 0.1) is 4.88 Å². The van der Waals surface area contributed by atoms with Gasteiger partial charge in [-0.25, -0.2) is 4.79 Å². The van der Waals surface area contributed by atoms with Crippen molar-refractivity contribution in [3.8, 4) is 0 Å². The molecular formula is C21H22N2O4S. The number of ketones is 1. The van der Waals surface area contributed by atoms with E-state index in [0.29, 0.717) is 10.4 Å². The molecule has 2 atom stereocenters. The Morgan fingerprint density at radius 1 is 1.07 bits per heavy atom. The smallest absolute Gasteiger partial charge is 0.329 e. The molecule has 6 nitrogen and oxygen atoms in total. The van der Waals surface area contributed by atoms with Gasteiger partial charge in [0.1, 0.15) is 6.04 Å². The molecule has 0 fully saturated rings. The summed E-state index contributed by atoms with van der Waals surface area (Å²) in [6.45, 7) is 5.17. The zero-order valence-electron chi connectivity index (χ0n) is 15.9. The second-order valence-corrected chi connectivity index (χ2v) is 7.81. The largest absolute Gasteiger partial charge is 0.453 e. The van der Waals surface area contributed by atoms with Crippen LogP contribution < -0.4 is 5.32 Å². The molecule has 0 aliphatic rings. The van der Waals surface area contributed by atoms with Gasteiger partial charge in [0.25, 0.3) is 5.91 Å². The Bertz CT molecular complexity index is 991. The van der Waals surface area contributed by atoms with Gasteiger partial charge in [-0.2, -0.15) is 0 Å². The summed E-state index contributed by atoms with van der Waals surface area (Å²) in [6, 6.07) is 10.0. The number of nitrogens with one attached hydrogen (secondary N) is 2. The summed E-state index contributed by atoms with van der Waals surface area (Å²) >= 11 is 1.29. The summed E-state index contributed by atoms with van der Waals surface area (Å²) in [4.78, 5) is 41.3. The van der Waals surface area contributed by atoms with Gasteiger partial charge in [0, 0.05) is 22.7 Å². The fraction of sp³-hybridized carbons (Fsp3) is 0.286. The molecule has 146 valence electrons. The lowest BCUT2D eigenvalue weighted by molar-refractivity contribution is -0.149. The van der Waals surface area contributed by atoms with E-state index in [1.807, 2.05) is 38.1 Å². The van der Waals surface area contributed by atoms with Crippen molar-refractivity contribution in [2.45, 2.75) is 32.9 Å². The number of carbonyl (C=O) groups is 3. The van der Waals surface area contributed by atoms with Crippen LogP contribution in [-0.4, -0.2) is 34.8 Å². The van der Waals surface area contributed by atoms with E-state index in [1.165, 1.54) is 11.3 Å². The normalized spacial score (nSPS) is 13.3. The maximum Gasteiger partial charge on any atom is 0.329 e. The number of thiophene rings is 1. The third-order valence-electron chi connectivity index (χ3n) is 4.47. The quantitative estimate of drug-likeness (QED) is 0.468. The number of para-hydroxylation sites is 1. The molecule has 28 heavy (non-hydrogen) atoms. The van der Waals surface area contributed by atoms with Crippen molar-refractivity contribution in [1.29, 1.82) is 0 Å². The minimum atomic E-state index is -0.966. The summed E-state index contributed by atoms with van der Waals surface area (Å²) < 4.78 is 5.41. The first-order valence-corrected chi connectivity index (χ1v) is 9.91. The number of aromatic nitrogens is 1. The van der Waals surface area contributed by atoms with Gasteiger partial charge in [-0.15, -0.1) is 11.3 Å². The Labute approximate surface area is 166 Å². The number of amides is 1. The van der Waals surface area contributed by atoms with Crippen LogP contribution in [0.25, 0.3) is 10.9 Å². The molecule has 1 amide bonds. The molecule has 3 rings (SSSR count). The zero-order chi connectivity index (χ0) is 20.3. The third kappa shape index (κ3) is 4.14. The van der Waals surface area contributed by atoms with Crippen LogP contribution in [0.2, 0.25) is 0 Å². The van der Waals surface area contributed by atoms with Crippen molar-refractivity contribution in [3.63, 3.8) is 0 Å². The van der Waals surface area contributed by atoms with Crippen LogP contribution in [0.4, 0.5) is 0 Å². The highest BCUT2D eigenvalue weighted by atomic mass is 32.1. The molecule has 0 bridgehead atoms. The molecule has 0 unspecified atom stereocenters. The SMILES string of the molecule is CC(C)[C@@H](NC(=O)c1cccs1)C(=O)O[C@@H](C)C(=O)c1c[nH]c2ccccc12. The van der Waals surface area contributed by atoms with Crippen LogP contribution in [0.15, 0.2) is 48.0 Å². The Hall–Kier alpha value is -2.93. The molecule has 0 saturated carbocycles. The summed E-state index contributed by atoms with van der Waals surface area (Å²) in [5.74, 6) is -1.44. The molecular weight excluding hydrogens is 376 g/mol. The summed E-state index contributed by atoms with van der Waals surface area (Å²) in [5, 5.41) is 5.28. The van der Waals surface area contributed by atoms with E-state index in [-0.39, 0.29) is 17.6 Å². The van der Waals surface area contributed by atoms with Crippen LogP contribution >= 0.6 is 11.3 Å². The monoisotopic (exact) mass is 398 g/mol. The molecule has 2 heterocycles. The van der Waals surface area contributed by atoms with E-state index in [4.69, 9.17) is 4.74 Å². The summed E-state index contributed by atoms with van der Waals surface area (Å²) in [6.07, 6.45) is 0.655. The number of rotatable bonds is 7. The lowest BCUT2D eigenvalue weighted by atomic mass is 10.0. The number of Topliss-reactive ketones (excluding diaryl/α,β-unsaturated/α-hetero) is 1. The van der Waals surface area contributed by atoms with Crippen LogP contribution in [-0.2, 0) is 9.53 Å². The van der Waals surface area contributed by atoms with E-state index in [9.17, 15) is 14.4 Å². The predicted octanol–water partition coefficient (Wildman–Crippen LogP) is 3.80. The summed E-state index contributed by atoms with van der Waals surface area (Å²) in [5.41, 5.74) is 1.31. The van der Waals surface area contributed by atoms with Crippen LogP contribution in [0.3, 0.4) is 0 Å². The molecule has 0 aliphatic heterocycles. The number of carbonyl (C=O) groups excluding carboxylic acids is 3. The predicted molar refractivity (Wildman–Crippen MR) is 109 cm³/mol. The maximum absolute atomic E-state index is 12.8. The number of esters is 1. The molecule has 1 aromatic carbocycles. The molecule has 2 aromatic heterocycles. The van der Waals surface area contributed by atoms with Gasteiger partial charge in [0.2, 0.25) is 5.78 Å². The van der Waals surface area contributed by atoms with E-state index >= 15 is 0 Å². The average Bonchev–Trinajstić information content (AvgIpc) is 3.34. The highest BCUT2D eigenvalue weighted by molar-refractivity contribution is 7.12. The molecule has 0 spiro atoms. The van der Waals surface area contributed by atoms with E-state index in [1.54, 1.807) is 30.6 Å². The highest BCUT2D eigenvalue weighted by Gasteiger charge is 2.30. The maximum atomic E-state index is 12.8. The molecule has 0 aliphatic carbocycles. The molecule has 2 N–H and O–H groups in total. The zero-order valence-corrected chi connectivity index (χ0v) is 16.7. The molecule has 7 heteroatoms. The fourth-order valence-corrected chi connectivity index (χ4v) is 3.54. The van der Waals surface area contributed by atoms with Crippen molar-refractivity contribution in [2.24, 2.45) is 5.92 Å². The highest BCUT2D eigenvalue weighted by Crippen LogP contribution is 2.20. The van der Waals surface area contributed by atoms with Gasteiger partial charge in [-0.1, -0.05) is 38.1 Å². The first kappa shape index (κ1) is 19.8. The lowest BCUT2D eigenvalue weighted by Gasteiger charge is -2.22. The minimum Gasteiger partial charge on any atom is -0.453 e. The summed E-state index contributed by atoms with van der Waals surface area (Å²) in [7, 11) is 0. The van der Waals surface area contributed by atoms with Gasteiger partial charge in [-0.3, -0.25) is 9.59 Å². The number of fused-ring (bicyclic) bond motifs is 1. The fourth-order valence-electron chi connectivity index (χ4n) is 2.91. The minimum absolute atomic E-state index is 0.188. The number of hydrogen-bond donors (Lipinski definition) is 2. The van der Waals surface area contributed by atoms with E-state index in [2.05, 4.69) is 10.3 Å². The van der Waals surface area contributed by atoms with Crippen LogP contribution in [0.1, 0.15) is 40.8 Å². The Balaban J connectivity index is 1.70. The van der Waals surface area contributed by atoms with Crippen molar-refractivity contribution in [1.82, 2.24) is 10.3 Å². The van der Waals surface area contributed by atoms with Crippen molar-refractivity contribution < 1.29 is 19.1 Å². The first-order chi connectivity index (χ1) is 13.4. The number of H-pyrrole nitrogens is 1. The van der Waals surface area contributed by atoms with Crippen molar-refractivity contribution in [2.75, 3.05) is 0 Å². The van der Waals surface area contributed by atoms with Gasteiger partial charge < -0.3 is 15.0 Å². The topological polar surface area (TPSA) is 88.3 Å². The number of aromatic amines is 1. The first-order valence-electron chi connectivity index (χ1n) is 9.03. The molecule has 3 aromatic rings. The Kier molecular flexibility index (Phi) is 5.94. The molecule has 0 saturated heterocycles. The second kappa shape index (κ2) is 8.39. The van der Waals surface area contributed by atoms with Crippen molar-refractivity contribution in [3.05, 3.63) is 58.4 Å².